The molecule has 3 N–H and O–H groups in total. The number of aromatic amines is 1. The van der Waals surface area contributed by atoms with Crippen LogP contribution in [0, 0.1) is 5.92 Å². The highest BCUT2D eigenvalue weighted by molar-refractivity contribution is 7.46. The Balaban J connectivity index is 1.89. The van der Waals surface area contributed by atoms with Crippen LogP contribution in [0.4, 0.5) is 0 Å². The third-order valence-corrected chi connectivity index (χ3v) is 4.70. The first kappa shape index (κ1) is 17.5. The maximum Gasteiger partial charge on any atom is 0.469 e. The van der Waals surface area contributed by atoms with Crippen LogP contribution in [0.15, 0.2) is 21.9 Å². The zero-order valence-electron chi connectivity index (χ0n) is 13.1. The molecular formula is C13H19N2O8P. The second-order valence-electron chi connectivity index (χ2n) is 6.43. The van der Waals surface area contributed by atoms with Crippen LogP contribution in [-0.2, 0) is 18.6 Å². The molecule has 0 aromatic carbocycles. The van der Waals surface area contributed by atoms with E-state index in [1.165, 1.54) is 16.8 Å². The van der Waals surface area contributed by atoms with Crippen molar-refractivity contribution in [1.29, 1.82) is 0 Å². The van der Waals surface area contributed by atoms with E-state index >= 15 is 0 Å². The maximum atomic E-state index is 12.1. The lowest BCUT2D eigenvalue weighted by Crippen LogP contribution is -2.36. The molecule has 24 heavy (non-hydrogen) atoms. The van der Waals surface area contributed by atoms with Crippen molar-refractivity contribution in [2.75, 3.05) is 6.61 Å². The third kappa shape index (κ3) is 3.53. The van der Waals surface area contributed by atoms with Gasteiger partial charge in [-0.2, -0.15) is 0 Å². The third-order valence-electron chi connectivity index (χ3n) is 4.22. The predicted octanol–water partition coefficient (Wildman–Crippen LogP) is -0.273. The molecule has 0 spiro atoms. The minimum Gasteiger partial charge on any atom is -0.344 e. The zero-order valence-corrected chi connectivity index (χ0v) is 14.0. The SMILES string of the molecule is CC1(C)OC2[C@H](n3ccc(=O)[nH]c3=O)C[C@H](COP(=O)(O)O)[C@H]2O1. The molecule has 0 amide bonds. The summed E-state index contributed by atoms with van der Waals surface area (Å²) in [4.78, 5) is 43.3. The van der Waals surface area contributed by atoms with Crippen LogP contribution in [0.1, 0.15) is 26.3 Å². The summed E-state index contributed by atoms with van der Waals surface area (Å²) in [5, 5.41) is 0. The molecule has 1 aromatic rings. The average molecular weight is 362 g/mol. The summed E-state index contributed by atoms with van der Waals surface area (Å²) >= 11 is 0. The molecule has 4 atom stereocenters. The second kappa shape index (κ2) is 5.91. The molecule has 10 nitrogen and oxygen atoms in total. The van der Waals surface area contributed by atoms with Crippen LogP contribution in [0.3, 0.4) is 0 Å². The minimum absolute atomic E-state index is 0.223. The summed E-state index contributed by atoms with van der Waals surface area (Å²) in [6.45, 7) is 3.22. The summed E-state index contributed by atoms with van der Waals surface area (Å²) in [5.74, 6) is -1.26. The van der Waals surface area contributed by atoms with Gasteiger partial charge in [0.1, 0.15) is 6.10 Å². The number of hydrogen-bond donors (Lipinski definition) is 3. The van der Waals surface area contributed by atoms with Gasteiger partial charge < -0.3 is 19.3 Å². The minimum atomic E-state index is -4.61. The van der Waals surface area contributed by atoms with Gasteiger partial charge in [-0.3, -0.25) is 18.9 Å². The number of hydrogen-bond acceptors (Lipinski definition) is 6. The van der Waals surface area contributed by atoms with Crippen LogP contribution in [0.5, 0.6) is 0 Å². The average Bonchev–Trinajstić information content (AvgIpc) is 2.90. The van der Waals surface area contributed by atoms with Gasteiger partial charge in [0.05, 0.1) is 18.8 Å². The normalized spacial score (nSPS) is 32.0. The lowest BCUT2D eigenvalue weighted by molar-refractivity contribution is -0.161. The van der Waals surface area contributed by atoms with Crippen molar-refractivity contribution in [3.05, 3.63) is 33.1 Å². The number of H-pyrrole nitrogens is 1. The van der Waals surface area contributed by atoms with Crippen molar-refractivity contribution in [1.82, 2.24) is 9.55 Å². The van der Waals surface area contributed by atoms with E-state index < -0.39 is 43.1 Å². The molecule has 0 radical (unpaired) electrons. The lowest BCUT2D eigenvalue weighted by atomic mass is 10.1. The molecule has 1 saturated carbocycles. The van der Waals surface area contributed by atoms with Gasteiger partial charge >= 0.3 is 13.5 Å². The fourth-order valence-corrected chi connectivity index (χ4v) is 3.76. The van der Waals surface area contributed by atoms with Gasteiger partial charge in [-0.15, -0.1) is 0 Å². The van der Waals surface area contributed by atoms with Gasteiger partial charge in [0.15, 0.2) is 5.79 Å². The fraction of sp³-hybridized carbons (Fsp3) is 0.692. The number of nitrogens with one attached hydrogen (secondary N) is 1. The van der Waals surface area contributed by atoms with Crippen LogP contribution in [0.2, 0.25) is 0 Å². The standard InChI is InChI=1S/C13H19N2O8P/c1-13(2)22-10-7(6-21-24(18,19)20)5-8(11(10)23-13)15-4-3-9(16)14-12(15)17/h3-4,7-8,10-11H,5-6H2,1-2H3,(H,14,16,17)(H2,18,19,20)/t7-,8-,10-,11?/m1/s1. The molecule has 1 aliphatic heterocycles. The first-order valence-electron chi connectivity index (χ1n) is 7.43. The monoisotopic (exact) mass is 362 g/mol. The molecule has 1 aromatic heterocycles. The Morgan fingerprint density at radius 2 is 2.04 bits per heavy atom. The molecule has 2 aliphatic rings. The van der Waals surface area contributed by atoms with Crippen molar-refractivity contribution >= 4 is 7.82 Å². The maximum absolute atomic E-state index is 12.1. The molecule has 0 bridgehead atoms. The number of rotatable bonds is 4. The Labute approximate surface area is 136 Å². The number of phosphoric ester groups is 1. The highest BCUT2D eigenvalue weighted by Gasteiger charge is 2.55. The molecular weight excluding hydrogens is 343 g/mol. The summed E-state index contributed by atoms with van der Waals surface area (Å²) in [5.41, 5.74) is -1.08. The van der Waals surface area contributed by atoms with E-state index in [2.05, 4.69) is 9.51 Å². The predicted molar refractivity (Wildman–Crippen MR) is 80.3 cm³/mol. The Kier molecular flexibility index (Phi) is 4.31. The Morgan fingerprint density at radius 3 is 2.67 bits per heavy atom. The number of aromatic nitrogens is 2. The zero-order chi connectivity index (χ0) is 17.7. The highest BCUT2D eigenvalue weighted by Crippen LogP contribution is 2.48. The first-order chi connectivity index (χ1) is 11.1. The van der Waals surface area contributed by atoms with Gasteiger partial charge in [-0.05, 0) is 20.3 Å². The number of phosphoric acid groups is 1. The van der Waals surface area contributed by atoms with Gasteiger partial charge in [0.2, 0.25) is 0 Å². The Hall–Kier alpha value is -1.29. The van der Waals surface area contributed by atoms with Gasteiger partial charge in [0.25, 0.3) is 5.56 Å². The van der Waals surface area contributed by atoms with E-state index in [4.69, 9.17) is 19.3 Å². The summed E-state index contributed by atoms with van der Waals surface area (Å²) in [6, 6.07) is 0.795. The topological polar surface area (TPSA) is 140 Å². The molecule has 134 valence electrons. The van der Waals surface area contributed by atoms with E-state index in [1.54, 1.807) is 13.8 Å². The van der Waals surface area contributed by atoms with E-state index in [9.17, 15) is 14.2 Å². The Bertz CT molecular complexity index is 781. The van der Waals surface area contributed by atoms with E-state index in [0.29, 0.717) is 6.42 Å². The van der Waals surface area contributed by atoms with Crippen molar-refractivity contribution in [2.45, 2.75) is 44.3 Å². The quantitative estimate of drug-likeness (QED) is 0.622. The number of fused-ring (bicyclic) bond motifs is 1. The van der Waals surface area contributed by atoms with Gasteiger partial charge in [-0.25, -0.2) is 9.36 Å². The van der Waals surface area contributed by atoms with Crippen molar-refractivity contribution < 1.29 is 28.3 Å². The van der Waals surface area contributed by atoms with Crippen molar-refractivity contribution in [3.8, 4) is 0 Å². The highest BCUT2D eigenvalue weighted by atomic mass is 31.2. The number of ether oxygens (including phenoxy) is 2. The number of nitrogens with zero attached hydrogens (tertiary/aromatic N) is 1. The molecule has 1 unspecified atom stereocenters. The smallest absolute Gasteiger partial charge is 0.344 e. The molecule has 2 fully saturated rings. The molecule has 1 saturated heterocycles. The van der Waals surface area contributed by atoms with Crippen molar-refractivity contribution in [3.63, 3.8) is 0 Å². The fourth-order valence-electron chi connectivity index (χ4n) is 3.37. The Morgan fingerprint density at radius 1 is 1.38 bits per heavy atom. The summed E-state index contributed by atoms with van der Waals surface area (Å²) in [7, 11) is -4.61. The summed E-state index contributed by atoms with van der Waals surface area (Å²) < 4.78 is 28.6. The van der Waals surface area contributed by atoms with E-state index in [-0.39, 0.29) is 12.5 Å². The first-order valence-corrected chi connectivity index (χ1v) is 8.96. The van der Waals surface area contributed by atoms with Crippen LogP contribution in [0.25, 0.3) is 0 Å². The molecule has 1 aliphatic carbocycles. The second-order valence-corrected chi connectivity index (χ2v) is 7.67. The van der Waals surface area contributed by atoms with Crippen LogP contribution < -0.4 is 11.2 Å². The molecule has 2 heterocycles. The van der Waals surface area contributed by atoms with E-state index in [1.807, 2.05) is 0 Å². The van der Waals surface area contributed by atoms with Crippen molar-refractivity contribution in [2.24, 2.45) is 5.92 Å². The largest absolute Gasteiger partial charge is 0.469 e. The summed E-state index contributed by atoms with van der Waals surface area (Å²) in [6.07, 6.45) is 0.769. The van der Waals surface area contributed by atoms with Gasteiger partial charge in [-0.1, -0.05) is 0 Å². The lowest BCUT2D eigenvalue weighted by Gasteiger charge is -2.24. The van der Waals surface area contributed by atoms with Crippen LogP contribution >= 0.6 is 7.82 Å². The molecule has 11 heteroatoms. The molecule has 3 rings (SSSR count). The van der Waals surface area contributed by atoms with Crippen LogP contribution in [-0.4, -0.2) is 43.9 Å². The van der Waals surface area contributed by atoms with Gasteiger partial charge in [0, 0.05) is 18.2 Å². The van der Waals surface area contributed by atoms with E-state index in [0.717, 1.165) is 0 Å².